The molecule has 3 nitrogen and oxygen atoms in total. The van der Waals surface area contributed by atoms with E-state index >= 15 is 0 Å². The SMILES string of the molecule is CCCCC(Cc1c[nH]c(C#N)n1)c1ccc(Cl)cc1Cl. The van der Waals surface area contributed by atoms with Crippen molar-refractivity contribution in [3.8, 4) is 6.07 Å². The molecule has 5 heteroatoms. The summed E-state index contributed by atoms with van der Waals surface area (Å²) in [4.78, 5) is 7.13. The number of hydrogen-bond acceptors (Lipinski definition) is 2. The molecule has 0 aliphatic carbocycles. The van der Waals surface area contributed by atoms with Crippen LogP contribution in [0.1, 0.15) is 49.2 Å². The van der Waals surface area contributed by atoms with E-state index in [0.29, 0.717) is 15.9 Å². The number of nitrogens with zero attached hydrogens (tertiary/aromatic N) is 2. The quantitative estimate of drug-likeness (QED) is 0.804. The predicted octanol–water partition coefficient (Wildman–Crippen LogP) is 5.10. The van der Waals surface area contributed by atoms with Gasteiger partial charge in [-0.05, 0) is 36.5 Å². The molecule has 1 aromatic heterocycles. The highest BCUT2D eigenvalue weighted by Gasteiger charge is 2.17. The van der Waals surface area contributed by atoms with E-state index in [0.717, 1.165) is 36.9 Å². The number of benzene rings is 1. The Kier molecular flexibility index (Phi) is 5.67. The van der Waals surface area contributed by atoms with Crippen LogP contribution in [0.15, 0.2) is 24.4 Å². The Balaban J connectivity index is 2.23. The maximum Gasteiger partial charge on any atom is 0.210 e. The van der Waals surface area contributed by atoms with Crippen molar-refractivity contribution in [1.82, 2.24) is 9.97 Å². The molecule has 0 radical (unpaired) electrons. The standard InChI is InChI=1S/C16H17Cl2N3/c1-2-3-4-11(7-13-10-20-16(9-19)21-13)14-6-5-12(17)8-15(14)18/h5-6,8,10-11H,2-4,7H2,1H3,(H,20,21). The molecule has 0 saturated heterocycles. The summed E-state index contributed by atoms with van der Waals surface area (Å²) in [5, 5.41) is 10.2. The molecule has 1 N–H and O–H groups in total. The molecule has 0 amide bonds. The molecule has 110 valence electrons. The van der Waals surface area contributed by atoms with Crippen LogP contribution in [0.25, 0.3) is 0 Å². The van der Waals surface area contributed by atoms with Crippen LogP contribution in [-0.4, -0.2) is 9.97 Å². The van der Waals surface area contributed by atoms with Crippen LogP contribution < -0.4 is 0 Å². The monoisotopic (exact) mass is 321 g/mol. The lowest BCUT2D eigenvalue weighted by Crippen LogP contribution is -2.04. The van der Waals surface area contributed by atoms with Crippen LogP contribution in [0.4, 0.5) is 0 Å². The maximum absolute atomic E-state index is 8.84. The first-order valence-electron chi connectivity index (χ1n) is 7.03. The van der Waals surface area contributed by atoms with Crippen LogP contribution in [-0.2, 0) is 6.42 Å². The zero-order chi connectivity index (χ0) is 15.2. The van der Waals surface area contributed by atoms with Gasteiger partial charge in [-0.3, -0.25) is 0 Å². The third-order valence-electron chi connectivity index (χ3n) is 3.50. The van der Waals surface area contributed by atoms with Gasteiger partial charge in [-0.25, -0.2) is 4.98 Å². The molecule has 0 aliphatic rings. The van der Waals surface area contributed by atoms with Gasteiger partial charge in [0.25, 0.3) is 0 Å². The van der Waals surface area contributed by atoms with E-state index in [-0.39, 0.29) is 5.92 Å². The number of aromatic nitrogens is 2. The summed E-state index contributed by atoms with van der Waals surface area (Å²) in [6, 6.07) is 7.65. The Morgan fingerprint density at radius 1 is 1.38 bits per heavy atom. The van der Waals surface area contributed by atoms with Crippen molar-refractivity contribution < 1.29 is 0 Å². The summed E-state index contributed by atoms with van der Waals surface area (Å²) in [6.07, 6.45) is 5.85. The molecule has 2 aromatic rings. The van der Waals surface area contributed by atoms with Gasteiger partial charge in [0.15, 0.2) is 0 Å². The molecule has 0 fully saturated rings. The van der Waals surface area contributed by atoms with E-state index in [1.54, 1.807) is 12.3 Å². The molecule has 0 saturated carbocycles. The minimum absolute atomic E-state index is 0.282. The van der Waals surface area contributed by atoms with Gasteiger partial charge in [0.1, 0.15) is 6.07 Å². The highest BCUT2D eigenvalue weighted by Crippen LogP contribution is 2.33. The van der Waals surface area contributed by atoms with E-state index in [1.807, 2.05) is 18.2 Å². The number of H-pyrrole nitrogens is 1. The predicted molar refractivity (Wildman–Crippen MR) is 85.7 cm³/mol. The second-order valence-corrected chi connectivity index (χ2v) is 5.90. The van der Waals surface area contributed by atoms with E-state index in [2.05, 4.69) is 16.9 Å². The average Bonchev–Trinajstić information content (AvgIpc) is 2.91. The summed E-state index contributed by atoms with van der Waals surface area (Å²) in [6.45, 7) is 2.17. The summed E-state index contributed by atoms with van der Waals surface area (Å²) < 4.78 is 0. The van der Waals surface area contributed by atoms with E-state index < -0.39 is 0 Å². The molecule has 1 atom stereocenters. The molecule has 1 heterocycles. The van der Waals surface area contributed by atoms with Crippen LogP contribution in [0, 0.1) is 11.3 Å². The summed E-state index contributed by atoms with van der Waals surface area (Å²) in [7, 11) is 0. The Bertz CT molecular complexity index is 643. The number of hydrogen-bond donors (Lipinski definition) is 1. The van der Waals surface area contributed by atoms with Crippen molar-refractivity contribution >= 4 is 23.2 Å². The van der Waals surface area contributed by atoms with Gasteiger partial charge in [0, 0.05) is 16.2 Å². The number of rotatable bonds is 6. The molecule has 0 bridgehead atoms. The zero-order valence-electron chi connectivity index (χ0n) is 11.9. The number of unbranched alkanes of at least 4 members (excludes halogenated alkanes) is 1. The van der Waals surface area contributed by atoms with Crippen molar-refractivity contribution in [1.29, 1.82) is 5.26 Å². The van der Waals surface area contributed by atoms with Crippen molar-refractivity contribution in [3.05, 3.63) is 51.5 Å². The van der Waals surface area contributed by atoms with Crippen molar-refractivity contribution in [2.75, 3.05) is 0 Å². The fraction of sp³-hybridized carbons (Fsp3) is 0.375. The smallest absolute Gasteiger partial charge is 0.210 e. The summed E-state index contributed by atoms with van der Waals surface area (Å²) in [5.74, 6) is 0.631. The normalized spacial score (nSPS) is 12.1. The first-order chi connectivity index (χ1) is 10.1. The van der Waals surface area contributed by atoms with Crippen molar-refractivity contribution in [2.45, 2.75) is 38.5 Å². The van der Waals surface area contributed by atoms with Gasteiger partial charge in [0.2, 0.25) is 5.82 Å². The largest absolute Gasteiger partial charge is 0.336 e. The lowest BCUT2D eigenvalue weighted by molar-refractivity contribution is 0.577. The fourth-order valence-corrected chi connectivity index (χ4v) is 2.99. The van der Waals surface area contributed by atoms with Crippen LogP contribution in [0.5, 0.6) is 0 Å². The number of nitriles is 1. The molecule has 1 aromatic carbocycles. The highest BCUT2D eigenvalue weighted by atomic mass is 35.5. The molecular formula is C16H17Cl2N3. The molecule has 0 spiro atoms. The van der Waals surface area contributed by atoms with Gasteiger partial charge in [-0.1, -0.05) is 49.0 Å². The molecule has 21 heavy (non-hydrogen) atoms. The Morgan fingerprint density at radius 2 is 2.19 bits per heavy atom. The fourth-order valence-electron chi connectivity index (χ4n) is 2.42. The van der Waals surface area contributed by atoms with E-state index in [4.69, 9.17) is 28.5 Å². The Labute approximate surface area is 134 Å². The van der Waals surface area contributed by atoms with Crippen LogP contribution >= 0.6 is 23.2 Å². The number of halogens is 2. The first-order valence-corrected chi connectivity index (χ1v) is 7.79. The lowest BCUT2D eigenvalue weighted by atomic mass is 9.89. The van der Waals surface area contributed by atoms with E-state index in [9.17, 15) is 0 Å². The third-order valence-corrected chi connectivity index (χ3v) is 4.06. The molecule has 2 rings (SSSR count). The molecule has 0 aliphatic heterocycles. The summed E-state index contributed by atoms with van der Waals surface area (Å²) in [5.41, 5.74) is 1.98. The minimum Gasteiger partial charge on any atom is -0.336 e. The Morgan fingerprint density at radius 3 is 2.81 bits per heavy atom. The second-order valence-electron chi connectivity index (χ2n) is 5.06. The van der Waals surface area contributed by atoms with Crippen LogP contribution in [0.3, 0.4) is 0 Å². The van der Waals surface area contributed by atoms with Crippen LogP contribution in [0.2, 0.25) is 10.0 Å². The highest BCUT2D eigenvalue weighted by molar-refractivity contribution is 6.35. The van der Waals surface area contributed by atoms with Gasteiger partial charge in [-0.15, -0.1) is 0 Å². The van der Waals surface area contributed by atoms with Gasteiger partial charge >= 0.3 is 0 Å². The lowest BCUT2D eigenvalue weighted by Gasteiger charge is -2.17. The van der Waals surface area contributed by atoms with Gasteiger partial charge in [-0.2, -0.15) is 5.26 Å². The molecular weight excluding hydrogens is 305 g/mol. The number of imidazole rings is 1. The first kappa shape index (κ1) is 15.9. The van der Waals surface area contributed by atoms with Gasteiger partial charge < -0.3 is 4.98 Å². The van der Waals surface area contributed by atoms with Crippen molar-refractivity contribution in [2.24, 2.45) is 0 Å². The number of aromatic amines is 1. The Hall–Kier alpha value is -1.50. The van der Waals surface area contributed by atoms with Crippen molar-refractivity contribution in [3.63, 3.8) is 0 Å². The zero-order valence-corrected chi connectivity index (χ0v) is 13.4. The topological polar surface area (TPSA) is 52.5 Å². The number of nitrogens with one attached hydrogen (secondary N) is 1. The maximum atomic E-state index is 8.84. The van der Waals surface area contributed by atoms with Gasteiger partial charge in [0.05, 0.1) is 5.69 Å². The minimum atomic E-state index is 0.282. The molecule has 1 unspecified atom stereocenters. The summed E-state index contributed by atoms with van der Waals surface area (Å²) >= 11 is 12.3. The average molecular weight is 322 g/mol. The van der Waals surface area contributed by atoms with E-state index in [1.165, 1.54) is 0 Å². The second kappa shape index (κ2) is 7.49. The third kappa shape index (κ3) is 4.23.